The molecule has 152 valence electrons. The minimum absolute atomic E-state index is 0.0865. The molecule has 0 radical (unpaired) electrons. The molecule has 1 aliphatic heterocycles. The van der Waals surface area contributed by atoms with Gasteiger partial charge in [0.05, 0.1) is 10.7 Å². The number of carbonyl (C=O) groups excluding carboxylic acids is 1. The summed E-state index contributed by atoms with van der Waals surface area (Å²) in [7, 11) is 0. The Balaban J connectivity index is 1.49. The molecule has 1 aromatic heterocycles. The first-order valence-electron chi connectivity index (χ1n) is 10.0. The number of aryl methyl sites for hydroxylation is 1. The van der Waals surface area contributed by atoms with Crippen molar-refractivity contribution in [3.8, 4) is 0 Å². The van der Waals surface area contributed by atoms with Crippen molar-refractivity contribution in [1.29, 1.82) is 0 Å². The summed E-state index contributed by atoms with van der Waals surface area (Å²) >= 11 is 1.73. The number of amides is 1. The lowest BCUT2D eigenvalue weighted by molar-refractivity contribution is -0.131. The molecule has 4 nitrogen and oxygen atoms in total. The molecule has 0 saturated carbocycles. The predicted octanol–water partition coefficient (Wildman–Crippen LogP) is 4.25. The molecule has 0 aliphatic carbocycles. The highest BCUT2D eigenvalue weighted by Crippen LogP contribution is 2.26. The maximum atomic E-state index is 13.7. The van der Waals surface area contributed by atoms with Crippen molar-refractivity contribution >= 4 is 17.2 Å². The first kappa shape index (κ1) is 20.9. The van der Waals surface area contributed by atoms with Crippen molar-refractivity contribution in [3.05, 3.63) is 51.7 Å². The van der Waals surface area contributed by atoms with E-state index in [1.807, 2.05) is 11.0 Å². The molecule has 2 heterocycles. The van der Waals surface area contributed by atoms with Crippen LogP contribution in [0.5, 0.6) is 0 Å². The fourth-order valence-corrected chi connectivity index (χ4v) is 4.33. The van der Waals surface area contributed by atoms with E-state index < -0.39 is 0 Å². The quantitative estimate of drug-likeness (QED) is 0.749. The summed E-state index contributed by atoms with van der Waals surface area (Å²) in [5, 5.41) is 3.32. The molecule has 1 aromatic carbocycles. The van der Waals surface area contributed by atoms with Crippen molar-refractivity contribution < 1.29 is 9.18 Å². The molecule has 1 amide bonds. The molecular formula is C22H30FN3OS. The van der Waals surface area contributed by atoms with Crippen LogP contribution in [0.25, 0.3) is 0 Å². The Bertz CT molecular complexity index is 799. The topological polar surface area (TPSA) is 36.4 Å². The highest BCUT2D eigenvalue weighted by molar-refractivity contribution is 7.09. The molecular weight excluding hydrogens is 373 g/mol. The van der Waals surface area contributed by atoms with Crippen LogP contribution in [0, 0.1) is 5.82 Å². The Kier molecular flexibility index (Phi) is 6.83. The van der Waals surface area contributed by atoms with E-state index in [0.29, 0.717) is 18.4 Å². The van der Waals surface area contributed by atoms with Crippen LogP contribution in [0.1, 0.15) is 49.9 Å². The second kappa shape index (κ2) is 9.14. The molecule has 2 aromatic rings. The first-order valence-corrected chi connectivity index (χ1v) is 10.9. The summed E-state index contributed by atoms with van der Waals surface area (Å²) in [4.78, 5) is 21.7. The average molecular weight is 404 g/mol. The third-order valence-electron chi connectivity index (χ3n) is 5.09. The van der Waals surface area contributed by atoms with E-state index in [9.17, 15) is 9.18 Å². The van der Waals surface area contributed by atoms with Gasteiger partial charge in [-0.3, -0.25) is 9.69 Å². The fourth-order valence-electron chi connectivity index (χ4n) is 3.43. The lowest BCUT2D eigenvalue weighted by atomic mass is 9.98. The molecule has 0 bridgehead atoms. The molecule has 0 N–H and O–H groups in total. The van der Waals surface area contributed by atoms with Gasteiger partial charge in [0.1, 0.15) is 5.82 Å². The largest absolute Gasteiger partial charge is 0.341 e. The smallest absolute Gasteiger partial charge is 0.222 e. The van der Waals surface area contributed by atoms with Gasteiger partial charge in [-0.25, -0.2) is 9.37 Å². The number of rotatable bonds is 5. The van der Waals surface area contributed by atoms with Crippen LogP contribution in [0.4, 0.5) is 4.39 Å². The van der Waals surface area contributed by atoms with Crippen molar-refractivity contribution in [3.63, 3.8) is 0 Å². The summed E-state index contributed by atoms with van der Waals surface area (Å²) in [6.45, 7) is 10.7. The Morgan fingerprint density at radius 1 is 1.18 bits per heavy atom. The minimum Gasteiger partial charge on any atom is -0.341 e. The van der Waals surface area contributed by atoms with Gasteiger partial charge in [0.25, 0.3) is 0 Å². The summed E-state index contributed by atoms with van der Waals surface area (Å²) < 4.78 is 13.7. The Labute approximate surface area is 171 Å². The number of carbonyl (C=O) groups is 1. The van der Waals surface area contributed by atoms with E-state index in [-0.39, 0.29) is 17.1 Å². The Hall–Kier alpha value is -1.79. The number of hydrogen-bond donors (Lipinski definition) is 0. The minimum atomic E-state index is -0.227. The van der Waals surface area contributed by atoms with Gasteiger partial charge in [-0.2, -0.15) is 0 Å². The van der Waals surface area contributed by atoms with Crippen LogP contribution in [-0.2, 0) is 23.2 Å². The molecule has 6 heteroatoms. The molecule has 3 rings (SSSR count). The summed E-state index contributed by atoms with van der Waals surface area (Å²) in [5.74, 6) is -0.107. The van der Waals surface area contributed by atoms with E-state index in [0.717, 1.165) is 44.8 Å². The standard InChI is InChI=1S/C22H30FN3OS/c1-22(2,3)21-24-18(16-28-21)15-25-11-6-12-26(14-13-25)20(27)10-9-17-7-4-5-8-19(17)23/h4-5,7-8,16H,6,9-15H2,1-3H3. The van der Waals surface area contributed by atoms with Gasteiger partial charge >= 0.3 is 0 Å². The van der Waals surface area contributed by atoms with Gasteiger partial charge < -0.3 is 4.90 Å². The Morgan fingerprint density at radius 2 is 1.96 bits per heavy atom. The lowest BCUT2D eigenvalue weighted by Gasteiger charge is -2.22. The van der Waals surface area contributed by atoms with Gasteiger partial charge in [-0.05, 0) is 24.5 Å². The van der Waals surface area contributed by atoms with Crippen LogP contribution in [0.15, 0.2) is 29.6 Å². The van der Waals surface area contributed by atoms with E-state index in [2.05, 4.69) is 31.1 Å². The zero-order chi connectivity index (χ0) is 20.1. The van der Waals surface area contributed by atoms with E-state index >= 15 is 0 Å². The SMILES string of the molecule is CC(C)(C)c1nc(CN2CCCN(C(=O)CCc3ccccc3F)CC2)cs1. The number of aromatic nitrogens is 1. The maximum Gasteiger partial charge on any atom is 0.222 e. The first-order chi connectivity index (χ1) is 13.3. The number of thiazole rings is 1. The van der Waals surface area contributed by atoms with Crippen LogP contribution in [0.3, 0.4) is 0 Å². The zero-order valence-corrected chi connectivity index (χ0v) is 17.9. The van der Waals surface area contributed by atoms with Crippen molar-refractivity contribution in [2.24, 2.45) is 0 Å². The van der Waals surface area contributed by atoms with E-state index in [1.54, 1.807) is 23.5 Å². The highest BCUT2D eigenvalue weighted by Gasteiger charge is 2.22. The monoisotopic (exact) mass is 403 g/mol. The zero-order valence-electron chi connectivity index (χ0n) is 17.1. The Morgan fingerprint density at radius 3 is 2.68 bits per heavy atom. The number of hydrogen-bond acceptors (Lipinski definition) is 4. The molecule has 28 heavy (non-hydrogen) atoms. The molecule has 1 aliphatic rings. The average Bonchev–Trinajstić information content (AvgIpc) is 3.00. The molecule has 1 saturated heterocycles. The van der Waals surface area contributed by atoms with Crippen LogP contribution >= 0.6 is 11.3 Å². The van der Waals surface area contributed by atoms with Crippen molar-refractivity contribution in [2.75, 3.05) is 26.2 Å². The van der Waals surface area contributed by atoms with Gasteiger partial charge in [-0.15, -0.1) is 11.3 Å². The van der Waals surface area contributed by atoms with Crippen LogP contribution in [0.2, 0.25) is 0 Å². The predicted molar refractivity (Wildman–Crippen MR) is 112 cm³/mol. The number of nitrogens with zero attached hydrogens (tertiary/aromatic N) is 3. The van der Waals surface area contributed by atoms with Crippen LogP contribution < -0.4 is 0 Å². The van der Waals surface area contributed by atoms with Gasteiger partial charge in [0.2, 0.25) is 5.91 Å². The number of benzene rings is 1. The molecule has 0 unspecified atom stereocenters. The van der Waals surface area contributed by atoms with Crippen LogP contribution in [-0.4, -0.2) is 46.9 Å². The van der Waals surface area contributed by atoms with E-state index in [4.69, 9.17) is 4.98 Å². The normalized spacial score (nSPS) is 16.2. The van der Waals surface area contributed by atoms with E-state index in [1.165, 1.54) is 11.1 Å². The van der Waals surface area contributed by atoms with Gasteiger partial charge in [0.15, 0.2) is 0 Å². The number of halogens is 1. The van der Waals surface area contributed by atoms with Gasteiger partial charge in [-0.1, -0.05) is 39.0 Å². The third kappa shape index (κ3) is 5.61. The highest BCUT2D eigenvalue weighted by atomic mass is 32.1. The summed E-state index contributed by atoms with van der Waals surface area (Å²) in [5.41, 5.74) is 1.82. The lowest BCUT2D eigenvalue weighted by Crippen LogP contribution is -2.35. The third-order valence-corrected chi connectivity index (χ3v) is 6.40. The molecule has 0 spiro atoms. The molecule has 0 atom stereocenters. The van der Waals surface area contributed by atoms with Crippen molar-refractivity contribution in [1.82, 2.24) is 14.8 Å². The summed E-state index contributed by atoms with van der Waals surface area (Å²) in [6.07, 6.45) is 1.78. The maximum absolute atomic E-state index is 13.7. The summed E-state index contributed by atoms with van der Waals surface area (Å²) in [6, 6.07) is 6.70. The fraction of sp³-hybridized carbons (Fsp3) is 0.545. The van der Waals surface area contributed by atoms with Crippen molar-refractivity contribution in [2.45, 2.75) is 52.0 Å². The second-order valence-electron chi connectivity index (χ2n) is 8.50. The molecule has 1 fully saturated rings. The van der Waals surface area contributed by atoms with Gasteiger partial charge in [0, 0.05) is 49.9 Å². The second-order valence-corrected chi connectivity index (χ2v) is 9.35.